The fourth-order valence-corrected chi connectivity index (χ4v) is 2.67. The number of hydrogen-bond acceptors (Lipinski definition) is 9. The molecular formula is C25H42FNO8. The third-order valence-electron chi connectivity index (χ3n) is 4.52. The summed E-state index contributed by atoms with van der Waals surface area (Å²) in [5.74, 6) is -0.363. The summed E-state index contributed by atoms with van der Waals surface area (Å²) in [5, 5.41) is 3.31. The van der Waals surface area contributed by atoms with Crippen molar-refractivity contribution in [3.8, 4) is 0 Å². The number of benzene rings is 1. The number of ether oxygens (including phenoxy) is 7. The first kappa shape index (κ1) is 31.2. The van der Waals surface area contributed by atoms with Gasteiger partial charge in [0.05, 0.1) is 84.8 Å². The van der Waals surface area contributed by atoms with E-state index >= 15 is 0 Å². The van der Waals surface area contributed by atoms with E-state index < -0.39 is 6.67 Å². The Morgan fingerprint density at radius 2 is 1.11 bits per heavy atom. The van der Waals surface area contributed by atoms with Crippen LogP contribution in [0.5, 0.6) is 0 Å². The van der Waals surface area contributed by atoms with Gasteiger partial charge >= 0.3 is 5.97 Å². The van der Waals surface area contributed by atoms with Crippen LogP contribution in [0.3, 0.4) is 0 Å². The highest BCUT2D eigenvalue weighted by atomic mass is 19.1. The van der Waals surface area contributed by atoms with Crippen LogP contribution in [0, 0.1) is 0 Å². The molecule has 0 saturated carbocycles. The van der Waals surface area contributed by atoms with E-state index in [4.69, 9.17) is 33.2 Å². The van der Waals surface area contributed by atoms with Gasteiger partial charge in [0.2, 0.25) is 0 Å². The van der Waals surface area contributed by atoms with Crippen molar-refractivity contribution in [1.82, 2.24) is 0 Å². The van der Waals surface area contributed by atoms with Gasteiger partial charge in [-0.3, -0.25) is 0 Å². The molecule has 1 aromatic rings. The molecule has 0 saturated heterocycles. The number of alkyl halides is 1. The molecule has 202 valence electrons. The Kier molecular flexibility index (Phi) is 21.3. The zero-order valence-electron chi connectivity index (χ0n) is 21.0. The number of unbranched alkanes of at least 4 members (excludes halogenated alkanes) is 1. The summed E-state index contributed by atoms with van der Waals surface area (Å²) in [5.41, 5.74) is 1.51. The lowest BCUT2D eigenvalue weighted by atomic mass is 10.2. The maximum absolute atomic E-state index is 12.0. The summed E-state index contributed by atoms with van der Waals surface area (Å²) in [6.07, 6.45) is 2.25. The minimum atomic E-state index is -0.477. The van der Waals surface area contributed by atoms with Gasteiger partial charge in [-0.05, 0) is 30.7 Å². The van der Waals surface area contributed by atoms with Crippen LogP contribution in [0.4, 0.5) is 10.1 Å². The topological polar surface area (TPSA) is 93.7 Å². The minimum absolute atomic E-state index is 0.110. The number of carbonyl (C=O) groups excluding carboxylic acids is 1. The predicted octanol–water partition coefficient (Wildman–Crippen LogP) is 3.12. The molecule has 0 aliphatic carbocycles. The summed E-state index contributed by atoms with van der Waals surface area (Å²) >= 11 is 0. The zero-order chi connectivity index (χ0) is 25.2. The maximum Gasteiger partial charge on any atom is 0.338 e. The lowest BCUT2D eigenvalue weighted by molar-refractivity contribution is -0.0196. The van der Waals surface area contributed by atoms with E-state index in [1.807, 2.05) is 12.1 Å². The molecule has 0 amide bonds. The molecule has 1 N–H and O–H groups in total. The lowest BCUT2D eigenvalue weighted by Gasteiger charge is -2.09. The second kappa shape index (κ2) is 23.9. The molecule has 9 nitrogen and oxygen atoms in total. The number of rotatable bonds is 25. The smallest absolute Gasteiger partial charge is 0.338 e. The molecule has 0 unspecified atom stereocenters. The molecule has 0 aromatic heterocycles. The normalized spacial score (nSPS) is 11.0. The highest BCUT2D eigenvalue weighted by Crippen LogP contribution is 2.10. The van der Waals surface area contributed by atoms with Gasteiger partial charge in [-0.15, -0.1) is 0 Å². The van der Waals surface area contributed by atoms with E-state index in [1.165, 1.54) is 0 Å². The van der Waals surface area contributed by atoms with Crippen molar-refractivity contribution in [2.45, 2.75) is 19.8 Å². The second-order valence-corrected chi connectivity index (χ2v) is 7.36. The third kappa shape index (κ3) is 19.1. The van der Waals surface area contributed by atoms with Gasteiger partial charge in [0, 0.05) is 12.2 Å². The Morgan fingerprint density at radius 3 is 1.54 bits per heavy atom. The molecule has 35 heavy (non-hydrogen) atoms. The molecule has 1 rings (SSSR count). The highest BCUT2D eigenvalue weighted by Gasteiger charge is 2.06. The van der Waals surface area contributed by atoms with Crippen molar-refractivity contribution in [2.75, 3.05) is 104 Å². The second-order valence-electron chi connectivity index (χ2n) is 7.36. The van der Waals surface area contributed by atoms with Crippen molar-refractivity contribution in [3.63, 3.8) is 0 Å². The number of anilines is 1. The van der Waals surface area contributed by atoms with E-state index in [0.29, 0.717) is 78.2 Å². The van der Waals surface area contributed by atoms with Crippen molar-refractivity contribution >= 4 is 11.7 Å². The summed E-state index contributed by atoms with van der Waals surface area (Å²) in [4.78, 5) is 12.0. The standard InChI is InChI=1S/C25H42FNO8/c1-2-3-9-27-24-6-4-23(5-7-24)25(28)35-22-21-34-20-19-33-18-17-32-16-15-31-14-13-30-12-11-29-10-8-26/h4-7,27H,2-3,8-22H2,1H3. The van der Waals surface area contributed by atoms with Crippen molar-refractivity contribution in [3.05, 3.63) is 29.8 Å². The Bertz CT molecular complexity index is 606. The molecule has 0 spiro atoms. The summed E-state index contributed by atoms with van der Waals surface area (Å²) in [6.45, 7) is 7.68. The van der Waals surface area contributed by atoms with Gasteiger partial charge in [-0.2, -0.15) is 0 Å². The van der Waals surface area contributed by atoms with E-state index in [0.717, 1.165) is 25.1 Å². The number of nitrogens with one attached hydrogen (secondary N) is 1. The Labute approximate surface area is 208 Å². The number of carbonyl (C=O) groups is 1. The van der Waals surface area contributed by atoms with Crippen molar-refractivity contribution < 1.29 is 42.3 Å². The first-order valence-corrected chi connectivity index (χ1v) is 12.3. The van der Waals surface area contributed by atoms with Gasteiger partial charge in [-0.25, -0.2) is 9.18 Å². The molecule has 0 radical (unpaired) electrons. The number of halogens is 1. The number of hydrogen-bond donors (Lipinski definition) is 1. The van der Waals surface area contributed by atoms with Gasteiger partial charge in [0.25, 0.3) is 0 Å². The molecule has 10 heteroatoms. The van der Waals surface area contributed by atoms with Crippen LogP contribution in [0.2, 0.25) is 0 Å². The van der Waals surface area contributed by atoms with Gasteiger partial charge < -0.3 is 38.5 Å². The minimum Gasteiger partial charge on any atom is -0.460 e. The average Bonchev–Trinajstić information content (AvgIpc) is 2.88. The third-order valence-corrected chi connectivity index (χ3v) is 4.52. The van der Waals surface area contributed by atoms with E-state index in [1.54, 1.807) is 12.1 Å². The number of esters is 1. The first-order chi connectivity index (χ1) is 17.3. The summed E-state index contributed by atoms with van der Waals surface area (Å²) in [6, 6.07) is 7.27. The van der Waals surface area contributed by atoms with Crippen molar-refractivity contribution in [1.29, 1.82) is 0 Å². The predicted molar refractivity (Wildman–Crippen MR) is 131 cm³/mol. The summed E-state index contributed by atoms with van der Waals surface area (Å²) in [7, 11) is 0. The van der Waals surface area contributed by atoms with E-state index in [-0.39, 0.29) is 19.2 Å². The Hall–Kier alpha value is -1.82. The van der Waals surface area contributed by atoms with Gasteiger partial charge in [0.1, 0.15) is 13.3 Å². The van der Waals surface area contributed by atoms with Crippen LogP contribution in [-0.4, -0.2) is 105 Å². The first-order valence-electron chi connectivity index (χ1n) is 12.3. The van der Waals surface area contributed by atoms with Crippen LogP contribution in [0.1, 0.15) is 30.1 Å². The van der Waals surface area contributed by atoms with Crippen LogP contribution in [-0.2, 0) is 33.2 Å². The molecule has 0 atom stereocenters. The monoisotopic (exact) mass is 503 g/mol. The average molecular weight is 504 g/mol. The van der Waals surface area contributed by atoms with Crippen LogP contribution < -0.4 is 5.32 Å². The van der Waals surface area contributed by atoms with Gasteiger partial charge in [-0.1, -0.05) is 13.3 Å². The quantitative estimate of drug-likeness (QED) is 0.160. The fraction of sp³-hybridized carbons (Fsp3) is 0.720. The summed E-state index contributed by atoms with van der Waals surface area (Å²) < 4.78 is 48.8. The molecule has 0 fully saturated rings. The molecule has 0 aliphatic heterocycles. The zero-order valence-corrected chi connectivity index (χ0v) is 21.0. The highest BCUT2D eigenvalue weighted by molar-refractivity contribution is 5.89. The molecular weight excluding hydrogens is 461 g/mol. The van der Waals surface area contributed by atoms with E-state index in [9.17, 15) is 9.18 Å². The Morgan fingerprint density at radius 1 is 0.686 bits per heavy atom. The van der Waals surface area contributed by atoms with Crippen molar-refractivity contribution in [2.24, 2.45) is 0 Å². The van der Waals surface area contributed by atoms with Crippen LogP contribution in [0.15, 0.2) is 24.3 Å². The lowest BCUT2D eigenvalue weighted by Crippen LogP contribution is -2.15. The van der Waals surface area contributed by atoms with Gasteiger partial charge in [0.15, 0.2) is 0 Å². The maximum atomic E-state index is 12.0. The molecule has 0 bridgehead atoms. The fourth-order valence-electron chi connectivity index (χ4n) is 2.67. The Balaban J connectivity index is 1.82. The molecule has 1 aromatic carbocycles. The SMILES string of the molecule is CCCCNc1ccc(C(=O)OCCOCCOCCOCCOCCOCCOCCF)cc1. The van der Waals surface area contributed by atoms with Crippen LogP contribution in [0.25, 0.3) is 0 Å². The molecule has 0 aliphatic rings. The largest absolute Gasteiger partial charge is 0.460 e. The van der Waals surface area contributed by atoms with Crippen LogP contribution >= 0.6 is 0 Å². The van der Waals surface area contributed by atoms with E-state index in [2.05, 4.69) is 12.2 Å². The molecule has 0 heterocycles.